The van der Waals surface area contributed by atoms with Crippen molar-refractivity contribution in [2.45, 2.75) is 12.2 Å². The van der Waals surface area contributed by atoms with Gasteiger partial charge in [0.15, 0.2) is 9.84 Å². The maximum absolute atomic E-state index is 13.1. The van der Waals surface area contributed by atoms with Crippen molar-refractivity contribution in [1.29, 1.82) is 0 Å². The first kappa shape index (κ1) is 12.1. The van der Waals surface area contributed by atoms with Crippen LogP contribution in [0.2, 0.25) is 0 Å². The average Bonchev–Trinajstić information content (AvgIpc) is 2.18. The maximum Gasteiger partial charge on any atom is 0.154 e. The second-order valence-electron chi connectivity index (χ2n) is 3.26. The van der Waals surface area contributed by atoms with Gasteiger partial charge in [-0.05, 0) is 12.5 Å². The van der Waals surface area contributed by atoms with Crippen LogP contribution in [0.1, 0.15) is 12.0 Å². The summed E-state index contributed by atoms with van der Waals surface area (Å²) in [6.45, 7) is -0.170. The smallest absolute Gasteiger partial charge is 0.154 e. The zero-order chi connectivity index (χ0) is 11.3. The summed E-state index contributed by atoms with van der Waals surface area (Å²) in [7, 11) is -3.32. The van der Waals surface area contributed by atoms with Gasteiger partial charge in [-0.15, -0.1) is 0 Å². The molecule has 1 aromatic rings. The fourth-order valence-electron chi connectivity index (χ4n) is 1.21. The minimum Gasteiger partial charge on any atom is -0.396 e. The lowest BCUT2D eigenvalue weighted by Gasteiger charge is -2.04. The zero-order valence-electron chi connectivity index (χ0n) is 8.19. The molecule has 0 radical (unpaired) electrons. The lowest BCUT2D eigenvalue weighted by molar-refractivity contribution is 0.295. The van der Waals surface area contributed by atoms with Crippen LogP contribution in [0.3, 0.4) is 0 Å². The van der Waals surface area contributed by atoms with Gasteiger partial charge in [0.25, 0.3) is 0 Å². The van der Waals surface area contributed by atoms with Crippen molar-refractivity contribution < 1.29 is 17.9 Å². The SMILES string of the molecule is O=S(=O)(CCCO)Cc1ccccc1F. The fourth-order valence-corrected chi connectivity index (χ4v) is 2.63. The average molecular weight is 232 g/mol. The van der Waals surface area contributed by atoms with E-state index in [1.54, 1.807) is 6.07 Å². The third-order valence-electron chi connectivity index (χ3n) is 1.95. The highest BCUT2D eigenvalue weighted by Gasteiger charge is 2.13. The van der Waals surface area contributed by atoms with Gasteiger partial charge in [-0.2, -0.15) is 0 Å². The van der Waals surface area contributed by atoms with Crippen LogP contribution < -0.4 is 0 Å². The number of rotatable bonds is 5. The Bertz CT molecular complexity index is 414. The minimum absolute atomic E-state index is 0.113. The number of aliphatic hydroxyl groups is 1. The van der Waals surface area contributed by atoms with Gasteiger partial charge in [-0.1, -0.05) is 18.2 Å². The molecule has 5 heteroatoms. The molecule has 0 aliphatic rings. The second kappa shape index (κ2) is 5.23. The van der Waals surface area contributed by atoms with E-state index < -0.39 is 15.7 Å². The van der Waals surface area contributed by atoms with Crippen molar-refractivity contribution in [3.8, 4) is 0 Å². The van der Waals surface area contributed by atoms with Crippen LogP contribution in [0.4, 0.5) is 4.39 Å². The zero-order valence-corrected chi connectivity index (χ0v) is 9.00. The Balaban J connectivity index is 2.74. The summed E-state index contributed by atoms with van der Waals surface area (Å²) in [5.41, 5.74) is 0.176. The number of hydrogen-bond acceptors (Lipinski definition) is 3. The molecule has 0 amide bonds. The van der Waals surface area contributed by atoms with Gasteiger partial charge in [-0.25, -0.2) is 12.8 Å². The molecule has 0 atom stereocenters. The molecule has 1 N–H and O–H groups in total. The third kappa shape index (κ3) is 3.97. The molecule has 0 aliphatic carbocycles. The van der Waals surface area contributed by atoms with Gasteiger partial charge in [0.05, 0.1) is 11.5 Å². The molecule has 1 aromatic carbocycles. The van der Waals surface area contributed by atoms with Crippen LogP contribution in [-0.4, -0.2) is 25.9 Å². The van der Waals surface area contributed by atoms with E-state index in [1.165, 1.54) is 18.2 Å². The molecule has 3 nitrogen and oxygen atoms in total. The van der Waals surface area contributed by atoms with E-state index >= 15 is 0 Å². The van der Waals surface area contributed by atoms with Gasteiger partial charge >= 0.3 is 0 Å². The topological polar surface area (TPSA) is 54.4 Å². The van der Waals surface area contributed by atoms with Crippen LogP contribution in [0.25, 0.3) is 0 Å². The molecule has 1 rings (SSSR count). The van der Waals surface area contributed by atoms with Crippen LogP contribution >= 0.6 is 0 Å². The van der Waals surface area contributed by atoms with E-state index in [-0.39, 0.29) is 30.1 Å². The Morgan fingerprint density at radius 3 is 2.53 bits per heavy atom. The van der Waals surface area contributed by atoms with Crippen molar-refractivity contribution in [2.24, 2.45) is 0 Å². The Labute approximate surface area is 88.5 Å². The number of sulfone groups is 1. The molecule has 0 saturated heterocycles. The molecule has 0 aliphatic heterocycles. The largest absolute Gasteiger partial charge is 0.396 e. The Hall–Kier alpha value is -0.940. The van der Waals surface area contributed by atoms with E-state index in [9.17, 15) is 12.8 Å². The van der Waals surface area contributed by atoms with Gasteiger partial charge in [-0.3, -0.25) is 0 Å². The number of benzene rings is 1. The highest BCUT2D eigenvalue weighted by atomic mass is 32.2. The first-order valence-corrected chi connectivity index (χ1v) is 6.42. The molecule has 0 aromatic heterocycles. The van der Waals surface area contributed by atoms with E-state index in [2.05, 4.69) is 0 Å². The molecule has 0 bridgehead atoms. The predicted octanol–water partition coefficient (Wildman–Crippen LogP) is 1.12. The molecule has 15 heavy (non-hydrogen) atoms. The summed E-state index contributed by atoms with van der Waals surface area (Å²) in [4.78, 5) is 0. The number of hydrogen-bond donors (Lipinski definition) is 1. The normalized spacial score (nSPS) is 11.6. The van der Waals surface area contributed by atoms with Gasteiger partial charge < -0.3 is 5.11 Å². The highest BCUT2D eigenvalue weighted by Crippen LogP contribution is 2.11. The summed E-state index contributed by atoms with van der Waals surface area (Å²) in [5.74, 6) is -0.928. The molecule has 0 fully saturated rings. The Morgan fingerprint density at radius 2 is 1.93 bits per heavy atom. The summed E-state index contributed by atoms with van der Waals surface area (Å²) >= 11 is 0. The summed E-state index contributed by atoms with van der Waals surface area (Å²) in [6.07, 6.45) is 0.191. The second-order valence-corrected chi connectivity index (χ2v) is 5.44. The number of halogens is 1. The monoisotopic (exact) mass is 232 g/mol. The van der Waals surface area contributed by atoms with Gasteiger partial charge in [0, 0.05) is 12.2 Å². The quantitative estimate of drug-likeness (QED) is 0.827. The molecule has 0 unspecified atom stereocenters. The Kier molecular flexibility index (Phi) is 4.23. The van der Waals surface area contributed by atoms with Crippen molar-refractivity contribution in [3.63, 3.8) is 0 Å². The lowest BCUT2D eigenvalue weighted by atomic mass is 10.2. The van der Waals surface area contributed by atoms with Crippen molar-refractivity contribution >= 4 is 9.84 Å². The number of aliphatic hydroxyl groups excluding tert-OH is 1. The summed E-state index contributed by atoms with van der Waals surface area (Å²) < 4.78 is 36.0. The van der Waals surface area contributed by atoms with Crippen LogP contribution in [0.15, 0.2) is 24.3 Å². The molecule has 0 spiro atoms. The first-order valence-electron chi connectivity index (χ1n) is 4.60. The summed E-state index contributed by atoms with van der Waals surface area (Å²) in [6, 6.07) is 5.79. The predicted molar refractivity (Wildman–Crippen MR) is 55.6 cm³/mol. The first-order chi connectivity index (χ1) is 7.05. The summed E-state index contributed by atoms with van der Waals surface area (Å²) in [5, 5.41) is 8.51. The van der Waals surface area contributed by atoms with Gasteiger partial charge in [0.1, 0.15) is 5.82 Å². The molecular weight excluding hydrogens is 219 g/mol. The molecular formula is C10H13FO3S. The van der Waals surface area contributed by atoms with Crippen LogP contribution in [0.5, 0.6) is 0 Å². The Morgan fingerprint density at radius 1 is 1.27 bits per heavy atom. The standard InChI is InChI=1S/C10H13FO3S/c11-10-5-2-1-4-9(10)8-15(13,14)7-3-6-12/h1-2,4-5,12H,3,6-8H2. The molecule has 0 heterocycles. The van der Waals surface area contributed by atoms with Crippen LogP contribution in [-0.2, 0) is 15.6 Å². The van der Waals surface area contributed by atoms with E-state index in [0.717, 1.165) is 0 Å². The molecule has 84 valence electrons. The minimum atomic E-state index is -3.32. The fraction of sp³-hybridized carbons (Fsp3) is 0.400. The van der Waals surface area contributed by atoms with E-state index in [4.69, 9.17) is 5.11 Å². The van der Waals surface area contributed by atoms with E-state index in [1.807, 2.05) is 0 Å². The maximum atomic E-state index is 13.1. The van der Waals surface area contributed by atoms with Crippen molar-refractivity contribution in [3.05, 3.63) is 35.6 Å². The van der Waals surface area contributed by atoms with Crippen molar-refractivity contribution in [1.82, 2.24) is 0 Å². The van der Waals surface area contributed by atoms with Crippen LogP contribution in [0, 0.1) is 5.82 Å². The van der Waals surface area contributed by atoms with Crippen molar-refractivity contribution in [2.75, 3.05) is 12.4 Å². The van der Waals surface area contributed by atoms with Gasteiger partial charge in [0.2, 0.25) is 0 Å². The van der Waals surface area contributed by atoms with E-state index in [0.29, 0.717) is 0 Å². The lowest BCUT2D eigenvalue weighted by Crippen LogP contribution is -2.11. The third-order valence-corrected chi connectivity index (χ3v) is 3.61. The highest BCUT2D eigenvalue weighted by molar-refractivity contribution is 7.90. The molecule has 0 saturated carbocycles.